The van der Waals surface area contributed by atoms with Gasteiger partial charge >= 0.3 is 5.97 Å². The molecule has 1 aliphatic heterocycles. The van der Waals surface area contributed by atoms with Gasteiger partial charge in [0, 0.05) is 49.6 Å². The molecule has 0 atom stereocenters. The van der Waals surface area contributed by atoms with Crippen LogP contribution < -0.4 is 4.90 Å². The highest BCUT2D eigenvalue weighted by molar-refractivity contribution is 7.15. The quantitative estimate of drug-likeness (QED) is 0.511. The van der Waals surface area contributed by atoms with Gasteiger partial charge in [0.25, 0.3) is 5.91 Å². The van der Waals surface area contributed by atoms with Crippen molar-refractivity contribution in [3.8, 4) is 5.00 Å². The first-order valence-electron chi connectivity index (χ1n) is 12.1. The maximum absolute atomic E-state index is 13.9. The Labute approximate surface area is 204 Å². The van der Waals surface area contributed by atoms with Crippen molar-refractivity contribution in [3.05, 3.63) is 64.4 Å². The van der Waals surface area contributed by atoms with Gasteiger partial charge < -0.3 is 19.1 Å². The van der Waals surface area contributed by atoms with E-state index in [0.29, 0.717) is 25.3 Å². The molecule has 1 aliphatic carbocycles. The molecular weight excluding hydrogens is 448 g/mol. The fourth-order valence-corrected chi connectivity index (χ4v) is 6.19. The molecule has 0 unspecified atom stereocenters. The summed E-state index contributed by atoms with van der Waals surface area (Å²) in [5.74, 6) is 0.616. The summed E-state index contributed by atoms with van der Waals surface area (Å²) in [5.41, 5.74) is 2.63. The van der Waals surface area contributed by atoms with Crippen LogP contribution in [0.2, 0.25) is 0 Å². The molecule has 0 bridgehead atoms. The van der Waals surface area contributed by atoms with Gasteiger partial charge in [0.2, 0.25) is 0 Å². The summed E-state index contributed by atoms with van der Waals surface area (Å²) in [6.45, 7) is 5.04. The predicted octanol–water partition coefficient (Wildman–Crippen LogP) is 4.34. The molecule has 7 nitrogen and oxygen atoms in total. The van der Waals surface area contributed by atoms with E-state index in [1.54, 1.807) is 30.5 Å². The normalized spacial score (nSPS) is 16.1. The van der Waals surface area contributed by atoms with Gasteiger partial charge in [-0.2, -0.15) is 0 Å². The van der Waals surface area contributed by atoms with E-state index >= 15 is 0 Å². The molecule has 4 heterocycles. The highest BCUT2D eigenvalue weighted by atomic mass is 32.1. The lowest BCUT2D eigenvalue weighted by Gasteiger charge is -2.24. The van der Waals surface area contributed by atoms with E-state index in [9.17, 15) is 9.59 Å². The van der Waals surface area contributed by atoms with Crippen molar-refractivity contribution >= 4 is 29.0 Å². The SMILES string of the molecule is CCOC(=O)c1ccc(N2CCCN(C(=O)c3c(-n4cccc4)sc4c3CCCC4)CC2)nc1. The summed E-state index contributed by atoms with van der Waals surface area (Å²) >= 11 is 1.78. The lowest BCUT2D eigenvalue weighted by Crippen LogP contribution is -2.36. The van der Waals surface area contributed by atoms with Crippen LogP contribution in [0.4, 0.5) is 5.82 Å². The van der Waals surface area contributed by atoms with E-state index in [1.165, 1.54) is 16.9 Å². The molecule has 3 aromatic rings. The Bertz CT molecular complexity index is 1150. The molecular formula is C26H30N4O3S. The number of amides is 1. The number of pyridine rings is 1. The zero-order valence-corrected chi connectivity index (χ0v) is 20.4. The molecule has 0 aromatic carbocycles. The van der Waals surface area contributed by atoms with E-state index in [1.807, 2.05) is 35.5 Å². The van der Waals surface area contributed by atoms with Crippen molar-refractivity contribution < 1.29 is 14.3 Å². The number of hydrogen-bond donors (Lipinski definition) is 0. The number of carbonyl (C=O) groups is 2. The van der Waals surface area contributed by atoms with Gasteiger partial charge in [0.15, 0.2) is 0 Å². The number of carbonyl (C=O) groups excluding carboxylic acids is 2. The zero-order chi connectivity index (χ0) is 23.5. The van der Waals surface area contributed by atoms with Crippen LogP contribution in [0.25, 0.3) is 5.00 Å². The number of nitrogens with zero attached hydrogens (tertiary/aromatic N) is 4. The first kappa shape index (κ1) is 22.7. The second kappa shape index (κ2) is 10.0. The molecule has 0 saturated carbocycles. The van der Waals surface area contributed by atoms with Gasteiger partial charge in [-0.3, -0.25) is 4.79 Å². The van der Waals surface area contributed by atoms with E-state index in [0.717, 1.165) is 55.2 Å². The second-order valence-electron chi connectivity index (χ2n) is 8.74. The largest absolute Gasteiger partial charge is 0.462 e. The van der Waals surface area contributed by atoms with Crippen molar-refractivity contribution in [2.24, 2.45) is 0 Å². The highest BCUT2D eigenvalue weighted by Gasteiger charge is 2.30. The Hall–Kier alpha value is -3.13. The first-order chi connectivity index (χ1) is 16.7. The van der Waals surface area contributed by atoms with Crippen LogP contribution in [0, 0.1) is 0 Å². The van der Waals surface area contributed by atoms with Crippen LogP contribution in [0.15, 0.2) is 42.9 Å². The summed E-state index contributed by atoms with van der Waals surface area (Å²) in [5, 5.41) is 1.05. The van der Waals surface area contributed by atoms with Crippen molar-refractivity contribution in [2.45, 2.75) is 39.0 Å². The Balaban J connectivity index is 1.33. The molecule has 1 saturated heterocycles. The fraction of sp³-hybridized carbons (Fsp3) is 0.423. The number of fused-ring (bicyclic) bond motifs is 1. The van der Waals surface area contributed by atoms with Crippen LogP contribution in [-0.2, 0) is 17.6 Å². The maximum atomic E-state index is 13.9. The Kier molecular flexibility index (Phi) is 6.67. The number of thiophene rings is 1. The van der Waals surface area contributed by atoms with Crippen LogP contribution in [0.1, 0.15) is 57.3 Å². The predicted molar refractivity (Wildman–Crippen MR) is 133 cm³/mol. The topological polar surface area (TPSA) is 67.7 Å². The summed E-state index contributed by atoms with van der Waals surface area (Å²) in [6.07, 6.45) is 10.9. The van der Waals surface area contributed by atoms with Gasteiger partial charge in [-0.05, 0) is 68.9 Å². The van der Waals surface area contributed by atoms with Crippen molar-refractivity contribution in [1.82, 2.24) is 14.5 Å². The minimum absolute atomic E-state index is 0.149. The molecule has 1 amide bonds. The monoisotopic (exact) mass is 478 g/mol. The Morgan fingerprint density at radius 1 is 1.03 bits per heavy atom. The number of anilines is 1. The third-order valence-electron chi connectivity index (χ3n) is 6.57. The van der Waals surface area contributed by atoms with Gasteiger partial charge in [-0.1, -0.05) is 0 Å². The van der Waals surface area contributed by atoms with Crippen molar-refractivity contribution in [2.75, 3.05) is 37.7 Å². The summed E-state index contributed by atoms with van der Waals surface area (Å²) < 4.78 is 7.14. The minimum atomic E-state index is -0.355. The van der Waals surface area contributed by atoms with E-state index in [-0.39, 0.29) is 11.9 Å². The average molecular weight is 479 g/mol. The molecule has 1 fully saturated rings. The van der Waals surface area contributed by atoms with Gasteiger partial charge in [0.05, 0.1) is 17.7 Å². The lowest BCUT2D eigenvalue weighted by molar-refractivity contribution is 0.0525. The van der Waals surface area contributed by atoms with Crippen LogP contribution in [0.5, 0.6) is 0 Å². The van der Waals surface area contributed by atoms with Crippen LogP contribution in [-0.4, -0.2) is 59.1 Å². The summed E-state index contributed by atoms with van der Waals surface area (Å²) in [4.78, 5) is 35.8. The lowest BCUT2D eigenvalue weighted by atomic mass is 9.95. The molecule has 178 valence electrons. The molecule has 5 rings (SSSR count). The molecule has 0 N–H and O–H groups in total. The molecule has 3 aromatic heterocycles. The molecule has 8 heteroatoms. The average Bonchev–Trinajstić information content (AvgIpc) is 3.46. The number of ether oxygens (including phenoxy) is 1. The standard InChI is InChI=1S/C26H30N4O3S/c1-2-33-26(32)19-10-11-22(27-18-19)28-14-7-15-29(17-16-28)24(31)23-20-8-3-4-9-21(20)34-25(23)30-12-5-6-13-30/h5-6,10-13,18H,2-4,7-9,14-17H2,1H3. The Morgan fingerprint density at radius 2 is 1.85 bits per heavy atom. The van der Waals surface area contributed by atoms with E-state index in [4.69, 9.17) is 4.74 Å². The first-order valence-corrected chi connectivity index (χ1v) is 12.9. The number of hydrogen-bond acceptors (Lipinski definition) is 6. The maximum Gasteiger partial charge on any atom is 0.339 e. The highest BCUT2D eigenvalue weighted by Crippen LogP contribution is 2.37. The number of rotatable bonds is 5. The fourth-order valence-electron chi connectivity index (χ4n) is 4.84. The third-order valence-corrected chi connectivity index (χ3v) is 7.88. The van der Waals surface area contributed by atoms with Gasteiger partial charge in [-0.15, -0.1) is 11.3 Å². The third kappa shape index (κ3) is 4.46. The zero-order valence-electron chi connectivity index (χ0n) is 19.5. The summed E-state index contributed by atoms with van der Waals surface area (Å²) in [7, 11) is 0. The molecule has 0 radical (unpaired) electrons. The van der Waals surface area contributed by atoms with Crippen LogP contribution in [0.3, 0.4) is 0 Å². The smallest absolute Gasteiger partial charge is 0.339 e. The van der Waals surface area contributed by atoms with Gasteiger partial charge in [0.1, 0.15) is 10.8 Å². The van der Waals surface area contributed by atoms with E-state index in [2.05, 4.69) is 14.5 Å². The molecule has 2 aliphatic rings. The van der Waals surface area contributed by atoms with Crippen molar-refractivity contribution in [1.29, 1.82) is 0 Å². The summed E-state index contributed by atoms with van der Waals surface area (Å²) in [6, 6.07) is 7.65. The Morgan fingerprint density at radius 3 is 2.62 bits per heavy atom. The molecule has 34 heavy (non-hydrogen) atoms. The minimum Gasteiger partial charge on any atom is -0.462 e. The number of esters is 1. The van der Waals surface area contributed by atoms with Crippen LogP contribution >= 0.6 is 11.3 Å². The number of aromatic nitrogens is 2. The second-order valence-corrected chi connectivity index (χ2v) is 9.82. The van der Waals surface area contributed by atoms with E-state index < -0.39 is 0 Å². The van der Waals surface area contributed by atoms with Gasteiger partial charge in [-0.25, -0.2) is 9.78 Å². The van der Waals surface area contributed by atoms with Crippen molar-refractivity contribution in [3.63, 3.8) is 0 Å². The number of aryl methyl sites for hydroxylation is 1. The molecule has 0 spiro atoms.